The van der Waals surface area contributed by atoms with Crippen LogP contribution in [0.1, 0.15) is 10.5 Å². The lowest BCUT2D eigenvalue weighted by Gasteiger charge is -2.06. The normalized spacial score (nSPS) is 10.2. The number of aromatic carboxylic acids is 1. The fraction of sp³-hybridized carbons (Fsp3) is 0. The quantitative estimate of drug-likeness (QED) is 0.678. The molecule has 1 aromatic carbocycles. The van der Waals surface area contributed by atoms with Crippen LogP contribution >= 0.6 is 0 Å². The Morgan fingerprint density at radius 2 is 2.00 bits per heavy atom. The third kappa shape index (κ3) is 3.05. The lowest BCUT2D eigenvalue weighted by molar-refractivity contribution is -0.387. The molecule has 1 N–H and O–H groups in total. The molecule has 0 aliphatic heterocycles. The van der Waals surface area contributed by atoms with Crippen molar-refractivity contribution in [3.63, 3.8) is 0 Å². The summed E-state index contributed by atoms with van der Waals surface area (Å²) >= 11 is 0. The monoisotopic (exact) mass is 297 g/mol. The van der Waals surface area contributed by atoms with Crippen LogP contribution in [0.4, 0.5) is 14.5 Å². The highest BCUT2D eigenvalue weighted by atomic mass is 19.1. The summed E-state index contributed by atoms with van der Waals surface area (Å²) in [6, 6.07) is 0.807. The molecule has 0 saturated carbocycles. The Morgan fingerprint density at radius 1 is 1.29 bits per heavy atom. The van der Waals surface area contributed by atoms with E-state index in [1.165, 1.54) is 0 Å². The molecule has 0 atom stereocenters. The highest BCUT2D eigenvalue weighted by Crippen LogP contribution is 2.29. The van der Waals surface area contributed by atoms with Crippen LogP contribution in [0.2, 0.25) is 0 Å². The third-order valence-corrected chi connectivity index (χ3v) is 2.24. The van der Waals surface area contributed by atoms with E-state index in [1.807, 2.05) is 0 Å². The number of rotatable bonds is 4. The zero-order valence-electron chi connectivity index (χ0n) is 9.99. The van der Waals surface area contributed by atoms with Gasteiger partial charge in [0.1, 0.15) is 0 Å². The first-order valence-corrected chi connectivity index (χ1v) is 5.25. The molecular formula is C11H5F2N3O5. The molecule has 2 rings (SSSR count). The number of hydrogen-bond acceptors (Lipinski definition) is 6. The standard InChI is InChI=1S/C11H5F2N3O5/c12-5-2-9(6(13)1-8(5)16(19)20)21-10-4-14-3-7(15-10)11(17)18/h1-4H,(H,17,18). The Hall–Kier alpha value is -3.17. The van der Waals surface area contributed by atoms with Gasteiger partial charge in [-0.05, 0) is 0 Å². The Balaban J connectivity index is 2.36. The number of nitro groups is 1. The van der Waals surface area contributed by atoms with E-state index in [0.29, 0.717) is 12.1 Å². The van der Waals surface area contributed by atoms with Gasteiger partial charge in [0.15, 0.2) is 17.3 Å². The number of hydrogen-bond donors (Lipinski definition) is 1. The van der Waals surface area contributed by atoms with E-state index in [9.17, 15) is 23.7 Å². The molecule has 0 spiro atoms. The summed E-state index contributed by atoms with van der Waals surface area (Å²) in [7, 11) is 0. The Bertz CT molecular complexity index is 738. The predicted molar refractivity (Wildman–Crippen MR) is 62.1 cm³/mol. The summed E-state index contributed by atoms with van der Waals surface area (Å²) in [5.74, 6) is -4.98. The van der Waals surface area contributed by atoms with E-state index in [0.717, 1.165) is 12.4 Å². The van der Waals surface area contributed by atoms with Crippen LogP contribution in [0.25, 0.3) is 0 Å². The van der Waals surface area contributed by atoms with Crippen molar-refractivity contribution in [3.05, 3.63) is 52.0 Å². The SMILES string of the molecule is O=C(O)c1cncc(Oc2cc(F)c([N+](=O)[O-])cc2F)n1. The van der Waals surface area contributed by atoms with E-state index in [2.05, 4.69) is 9.97 Å². The van der Waals surface area contributed by atoms with Gasteiger partial charge in [-0.3, -0.25) is 15.1 Å². The first-order chi connectivity index (χ1) is 9.88. The topological polar surface area (TPSA) is 115 Å². The first-order valence-electron chi connectivity index (χ1n) is 5.25. The minimum atomic E-state index is -1.39. The molecule has 0 aliphatic rings. The highest BCUT2D eigenvalue weighted by Gasteiger charge is 2.20. The van der Waals surface area contributed by atoms with Gasteiger partial charge in [-0.25, -0.2) is 14.2 Å². The van der Waals surface area contributed by atoms with Gasteiger partial charge >= 0.3 is 11.7 Å². The molecule has 2 aromatic rings. The van der Waals surface area contributed by atoms with Crippen molar-refractivity contribution < 1.29 is 28.3 Å². The van der Waals surface area contributed by atoms with Gasteiger partial charge in [0.05, 0.1) is 23.4 Å². The molecule has 21 heavy (non-hydrogen) atoms. The number of nitrogens with zero attached hydrogens (tertiary/aromatic N) is 3. The van der Waals surface area contributed by atoms with Crippen molar-refractivity contribution >= 4 is 11.7 Å². The average molecular weight is 297 g/mol. The Morgan fingerprint density at radius 3 is 2.62 bits per heavy atom. The van der Waals surface area contributed by atoms with E-state index >= 15 is 0 Å². The second-order valence-electron chi connectivity index (χ2n) is 3.64. The molecule has 8 nitrogen and oxygen atoms in total. The summed E-state index contributed by atoms with van der Waals surface area (Å²) in [6.45, 7) is 0. The molecular weight excluding hydrogens is 292 g/mol. The van der Waals surface area contributed by atoms with Crippen molar-refractivity contribution in [2.24, 2.45) is 0 Å². The van der Waals surface area contributed by atoms with Crippen molar-refractivity contribution in [2.45, 2.75) is 0 Å². The lowest BCUT2D eigenvalue weighted by atomic mass is 10.3. The molecule has 0 aliphatic carbocycles. The number of halogens is 2. The average Bonchev–Trinajstić information content (AvgIpc) is 2.42. The van der Waals surface area contributed by atoms with E-state index in [4.69, 9.17) is 9.84 Å². The molecule has 10 heteroatoms. The number of benzene rings is 1. The van der Waals surface area contributed by atoms with Gasteiger partial charge in [0.25, 0.3) is 0 Å². The molecule has 1 aromatic heterocycles. The van der Waals surface area contributed by atoms with Gasteiger partial charge in [-0.1, -0.05) is 0 Å². The molecule has 1 heterocycles. The van der Waals surface area contributed by atoms with Crippen LogP contribution in [0.15, 0.2) is 24.5 Å². The molecule has 0 saturated heterocycles. The van der Waals surface area contributed by atoms with Gasteiger partial charge < -0.3 is 9.84 Å². The Labute approximate surface area is 114 Å². The van der Waals surface area contributed by atoms with E-state index < -0.39 is 45.5 Å². The highest BCUT2D eigenvalue weighted by molar-refractivity contribution is 5.84. The van der Waals surface area contributed by atoms with Crippen LogP contribution < -0.4 is 4.74 Å². The van der Waals surface area contributed by atoms with Crippen molar-refractivity contribution in [3.8, 4) is 11.6 Å². The zero-order valence-corrected chi connectivity index (χ0v) is 9.99. The molecule has 0 amide bonds. The van der Waals surface area contributed by atoms with Gasteiger partial charge in [0.2, 0.25) is 11.7 Å². The van der Waals surface area contributed by atoms with Crippen molar-refractivity contribution in [2.75, 3.05) is 0 Å². The molecule has 0 bridgehead atoms. The van der Waals surface area contributed by atoms with Crippen LogP contribution in [-0.4, -0.2) is 26.0 Å². The third-order valence-electron chi connectivity index (χ3n) is 2.24. The Kier molecular flexibility index (Phi) is 3.69. The maximum atomic E-state index is 13.6. The smallest absolute Gasteiger partial charge is 0.356 e. The van der Waals surface area contributed by atoms with Gasteiger partial charge in [0, 0.05) is 6.07 Å². The lowest BCUT2D eigenvalue weighted by Crippen LogP contribution is -2.03. The summed E-state index contributed by atoms with van der Waals surface area (Å²) < 4.78 is 31.8. The van der Waals surface area contributed by atoms with E-state index in [-0.39, 0.29) is 0 Å². The summed E-state index contributed by atoms with van der Waals surface area (Å²) in [5, 5.41) is 19.1. The van der Waals surface area contributed by atoms with Crippen LogP contribution in [0.5, 0.6) is 11.6 Å². The molecule has 108 valence electrons. The first kappa shape index (κ1) is 14.2. The number of nitro benzene ring substituents is 1. The van der Waals surface area contributed by atoms with Gasteiger partial charge in [-0.15, -0.1) is 0 Å². The summed E-state index contributed by atoms with van der Waals surface area (Å²) in [6.07, 6.45) is 1.91. The number of carbonyl (C=O) groups is 1. The van der Waals surface area contributed by atoms with E-state index in [1.54, 1.807) is 0 Å². The maximum absolute atomic E-state index is 13.6. The second kappa shape index (κ2) is 5.45. The minimum absolute atomic E-state index is 0.346. The molecule has 0 unspecified atom stereocenters. The summed E-state index contributed by atoms with van der Waals surface area (Å²) in [4.78, 5) is 27.0. The second-order valence-corrected chi connectivity index (χ2v) is 3.64. The molecule has 0 radical (unpaired) electrons. The maximum Gasteiger partial charge on any atom is 0.356 e. The van der Waals surface area contributed by atoms with Crippen LogP contribution in [0, 0.1) is 21.7 Å². The van der Waals surface area contributed by atoms with Gasteiger partial charge in [-0.2, -0.15) is 4.39 Å². The largest absolute Gasteiger partial charge is 0.476 e. The zero-order chi connectivity index (χ0) is 15.6. The van der Waals surface area contributed by atoms with Crippen LogP contribution in [-0.2, 0) is 0 Å². The number of aromatic nitrogens is 2. The predicted octanol–water partition coefficient (Wildman–Crippen LogP) is 2.15. The van der Waals surface area contributed by atoms with Crippen LogP contribution in [0.3, 0.4) is 0 Å². The fourth-order valence-electron chi connectivity index (χ4n) is 1.35. The summed E-state index contributed by atoms with van der Waals surface area (Å²) in [5.41, 5.74) is -1.51. The number of ether oxygens (including phenoxy) is 1. The number of carboxylic acid groups (broad SMARTS) is 1. The van der Waals surface area contributed by atoms with Crippen molar-refractivity contribution in [1.82, 2.24) is 9.97 Å². The fourth-order valence-corrected chi connectivity index (χ4v) is 1.35. The van der Waals surface area contributed by atoms with Crippen molar-refractivity contribution in [1.29, 1.82) is 0 Å². The minimum Gasteiger partial charge on any atom is -0.476 e. The molecule has 0 fully saturated rings. The number of carboxylic acids is 1.